The van der Waals surface area contributed by atoms with Gasteiger partial charge in [-0.25, -0.2) is 4.98 Å². The van der Waals surface area contributed by atoms with E-state index in [-0.39, 0.29) is 0 Å². The average Bonchev–Trinajstić information content (AvgIpc) is 2.31. The molecule has 15 heavy (non-hydrogen) atoms. The van der Waals surface area contributed by atoms with Crippen molar-refractivity contribution < 1.29 is 4.74 Å². The molecule has 0 aliphatic carbocycles. The summed E-state index contributed by atoms with van der Waals surface area (Å²) in [6, 6.07) is 0. The van der Waals surface area contributed by atoms with Crippen molar-refractivity contribution in [2.75, 3.05) is 38.2 Å². The van der Waals surface area contributed by atoms with Gasteiger partial charge in [0.15, 0.2) is 0 Å². The van der Waals surface area contributed by atoms with Gasteiger partial charge in [-0.1, -0.05) is 0 Å². The zero-order valence-electron chi connectivity index (χ0n) is 8.53. The highest BCUT2D eigenvalue weighted by Crippen LogP contribution is 2.23. The summed E-state index contributed by atoms with van der Waals surface area (Å²) >= 11 is 3.33. The molecule has 0 atom stereocenters. The van der Waals surface area contributed by atoms with Crippen LogP contribution in [0, 0.1) is 0 Å². The van der Waals surface area contributed by atoms with Crippen LogP contribution in [-0.2, 0) is 0 Å². The summed E-state index contributed by atoms with van der Waals surface area (Å²) in [5.74, 6) is 1.31. The molecule has 2 heterocycles. The number of ether oxygens (including phenoxy) is 1. The number of anilines is 1. The van der Waals surface area contributed by atoms with Crippen LogP contribution >= 0.6 is 15.9 Å². The van der Waals surface area contributed by atoms with Crippen LogP contribution < -0.4 is 15.0 Å². The molecule has 0 radical (unpaired) electrons. The second-order valence-corrected chi connectivity index (χ2v) is 4.12. The number of hydrogen-bond donors (Lipinski definition) is 1. The molecule has 1 aliphatic rings. The van der Waals surface area contributed by atoms with Gasteiger partial charge in [0.1, 0.15) is 0 Å². The maximum Gasteiger partial charge on any atom is 0.232 e. The minimum atomic E-state index is 0.582. The van der Waals surface area contributed by atoms with E-state index in [0.29, 0.717) is 5.88 Å². The van der Waals surface area contributed by atoms with E-state index >= 15 is 0 Å². The largest absolute Gasteiger partial charge is 0.480 e. The van der Waals surface area contributed by atoms with E-state index in [1.54, 1.807) is 13.3 Å². The van der Waals surface area contributed by atoms with Gasteiger partial charge in [0.25, 0.3) is 0 Å². The van der Waals surface area contributed by atoms with Crippen molar-refractivity contribution in [3.8, 4) is 5.88 Å². The number of hydrogen-bond acceptors (Lipinski definition) is 5. The van der Waals surface area contributed by atoms with Gasteiger partial charge in [-0.05, 0) is 15.9 Å². The highest BCUT2D eigenvalue weighted by atomic mass is 79.9. The predicted octanol–water partition coefficient (Wildman–Crippen LogP) is 0.657. The minimum absolute atomic E-state index is 0.582. The highest BCUT2D eigenvalue weighted by molar-refractivity contribution is 9.10. The van der Waals surface area contributed by atoms with Crippen molar-refractivity contribution in [1.82, 2.24) is 15.3 Å². The molecule has 5 nitrogen and oxygen atoms in total. The van der Waals surface area contributed by atoms with Crippen molar-refractivity contribution >= 4 is 21.9 Å². The van der Waals surface area contributed by atoms with E-state index in [1.165, 1.54) is 0 Å². The second kappa shape index (κ2) is 4.76. The van der Waals surface area contributed by atoms with Crippen molar-refractivity contribution in [2.24, 2.45) is 0 Å². The summed E-state index contributed by atoms with van der Waals surface area (Å²) in [5.41, 5.74) is 0. The fourth-order valence-electron chi connectivity index (χ4n) is 1.50. The number of piperazine rings is 1. The summed E-state index contributed by atoms with van der Waals surface area (Å²) < 4.78 is 5.92. The van der Waals surface area contributed by atoms with Gasteiger partial charge < -0.3 is 15.0 Å². The first-order valence-corrected chi connectivity index (χ1v) is 5.63. The molecule has 1 aromatic heterocycles. The summed E-state index contributed by atoms with van der Waals surface area (Å²) in [6.07, 6.45) is 1.73. The molecule has 1 aliphatic heterocycles. The van der Waals surface area contributed by atoms with E-state index in [9.17, 15) is 0 Å². The number of halogens is 1. The number of nitrogens with zero attached hydrogens (tertiary/aromatic N) is 3. The van der Waals surface area contributed by atoms with Gasteiger partial charge >= 0.3 is 0 Å². The van der Waals surface area contributed by atoms with Crippen molar-refractivity contribution in [3.63, 3.8) is 0 Å². The lowest BCUT2D eigenvalue weighted by molar-refractivity contribution is 0.393. The molecule has 1 fully saturated rings. The summed E-state index contributed by atoms with van der Waals surface area (Å²) in [4.78, 5) is 10.7. The summed E-state index contributed by atoms with van der Waals surface area (Å²) in [5, 5.41) is 3.29. The van der Waals surface area contributed by atoms with E-state index < -0.39 is 0 Å². The standard InChI is InChI=1S/C9H13BrN4O/c1-15-8-7(10)6-12-9(13-8)14-4-2-11-3-5-14/h6,11H,2-5H2,1H3. The summed E-state index contributed by atoms with van der Waals surface area (Å²) in [6.45, 7) is 3.82. The molecule has 1 N–H and O–H groups in total. The fraction of sp³-hybridized carbons (Fsp3) is 0.556. The van der Waals surface area contributed by atoms with E-state index in [0.717, 1.165) is 36.6 Å². The Balaban J connectivity index is 2.20. The maximum atomic E-state index is 5.14. The Morgan fingerprint density at radius 2 is 2.20 bits per heavy atom. The molecule has 1 aromatic rings. The Kier molecular flexibility index (Phi) is 3.37. The Morgan fingerprint density at radius 3 is 2.87 bits per heavy atom. The van der Waals surface area contributed by atoms with Crippen LogP contribution in [0.15, 0.2) is 10.7 Å². The maximum absolute atomic E-state index is 5.14. The molecule has 1 saturated heterocycles. The van der Waals surface area contributed by atoms with Gasteiger partial charge in [0, 0.05) is 26.2 Å². The quantitative estimate of drug-likeness (QED) is 0.857. The Hall–Kier alpha value is -0.880. The SMILES string of the molecule is COc1nc(N2CCNCC2)ncc1Br. The van der Waals surface area contributed by atoms with Gasteiger partial charge in [-0.3, -0.25) is 0 Å². The Bertz CT molecular complexity index is 341. The zero-order valence-corrected chi connectivity index (χ0v) is 10.1. The van der Waals surface area contributed by atoms with Crippen LogP contribution in [0.5, 0.6) is 5.88 Å². The first-order chi connectivity index (χ1) is 7.31. The molecule has 2 rings (SSSR count). The van der Waals surface area contributed by atoms with Crippen LogP contribution in [0.25, 0.3) is 0 Å². The summed E-state index contributed by atoms with van der Waals surface area (Å²) in [7, 11) is 1.61. The number of nitrogens with one attached hydrogen (secondary N) is 1. The van der Waals surface area contributed by atoms with Crippen molar-refractivity contribution in [1.29, 1.82) is 0 Å². The third-order valence-corrected chi connectivity index (χ3v) is 2.84. The minimum Gasteiger partial charge on any atom is -0.480 e. The highest BCUT2D eigenvalue weighted by Gasteiger charge is 2.14. The van der Waals surface area contributed by atoms with Crippen molar-refractivity contribution in [3.05, 3.63) is 10.7 Å². The van der Waals surface area contributed by atoms with Crippen LogP contribution in [-0.4, -0.2) is 43.3 Å². The lowest BCUT2D eigenvalue weighted by Gasteiger charge is -2.27. The van der Waals surface area contributed by atoms with E-state index in [1.807, 2.05) is 0 Å². The van der Waals surface area contributed by atoms with E-state index in [2.05, 4.69) is 36.1 Å². The third kappa shape index (κ3) is 2.38. The number of aromatic nitrogens is 2. The molecule has 0 amide bonds. The smallest absolute Gasteiger partial charge is 0.232 e. The molecular formula is C9H13BrN4O. The van der Waals surface area contributed by atoms with Gasteiger partial charge in [0.2, 0.25) is 11.8 Å². The van der Waals surface area contributed by atoms with Gasteiger partial charge in [-0.2, -0.15) is 4.98 Å². The van der Waals surface area contributed by atoms with Gasteiger partial charge in [0.05, 0.1) is 17.8 Å². The fourth-order valence-corrected chi connectivity index (χ4v) is 1.86. The molecule has 82 valence electrons. The van der Waals surface area contributed by atoms with Crippen LogP contribution in [0.4, 0.5) is 5.95 Å². The average molecular weight is 273 g/mol. The molecule has 0 spiro atoms. The normalized spacial score (nSPS) is 16.5. The lowest BCUT2D eigenvalue weighted by atomic mass is 10.4. The van der Waals surface area contributed by atoms with E-state index in [4.69, 9.17) is 4.74 Å². The molecule has 0 saturated carbocycles. The third-order valence-electron chi connectivity index (χ3n) is 2.29. The number of methoxy groups -OCH3 is 1. The van der Waals surface area contributed by atoms with Crippen LogP contribution in [0.2, 0.25) is 0 Å². The van der Waals surface area contributed by atoms with Crippen LogP contribution in [0.1, 0.15) is 0 Å². The molecule has 0 aromatic carbocycles. The first-order valence-electron chi connectivity index (χ1n) is 4.83. The Labute approximate surface area is 97.0 Å². The molecular weight excluding hydrogens is 260 g/mol. The predicted molar refractivity (Wildman–Crippen MR) is 61.4 cm³/mol. The zero-order chi connectivity index (χ0) is 10.7. The second-order valence-electron chi connectivity index (χ2n) is 3.26. The molecule has 0 bridgehead atoms. The number of rotatable bonds is 2. The monoisotopic (exact) mass is 272 g/mol. The van der Waals surface area contributed by atoms with Crippen LogP contribution in [0.3, 0.4) is 0 Å². The molecule has 6 heteroatoms. The van der Waals surface area contributed by atoms with Crippen molar-refractivity contribution in [2.45, 2.75) is 0 Å². The Morgan fingerprint density at radius 1 is 1.47 bits per heavy atom. The lowest BCUT2D eigenvalue weighted by Crippen LogP contribution is -2.44. The topological polar surface area (TPSA) is 50.3 Å². The molecule has 0 unspecified atom stereocenters. The van der Waals surface area contributed by atoms with Gasteiger partial charge in [-0.15, -0.1) is 0 Å². The first kappa shape index (κ1) is 10.6.